The van der Waals surface area contributed by atoms with Gasteiger partial charge in [0.2, 0.25) is 0 Å². The van der Waals surface area contributed by atoms with Crippen LogP contribution in [-0.2, 0) is 0 Å². The van der Waals surface area contributed by atoms with E-state index < -0.39 is 0 Å². The number of allylic oxidation sites excluding steroid dienone is 2. The normalized spacial score (nSPS) is 17.8. The number of para-hydroxylation sites is 1. The second kappa shape index (κ2) is 3.66. The lowest BCUT2D eigenvalue weighted by atomic mass is 9.91. The molecular formula is C18H14N2. The number of rotatable bonds is 0. The molecule has 20 heavy (non-hydrogen) atoms. The maximum absolute atomic E-state index is 4.88. The zero-order chi connectivity index (χ0) is 13.1. The molecule has 1 aliphatic carbocycles. The third-order valence-corrected chi connectivity index (χ3v) is 4.58. The highest BCUT2D eigenvalue weighted by Gasteiger charge is 2.24. The predicted molar refractivity (Wildman–Crippen MR) is 77.9 cm³/mol. The summed E-state index contributed by atoms with van der Waals surface area (Å²) < 4.78 is 0. The summed E-state index contributed by atoms with van der Waals surface area (Å²) in [4.78, 5) is 9.72. The summed E-state index contributed by atoms with van der Waals surface area (Å²) in [6.07, 6.45) is 4.85. The van der Waals surface area contributed by atoms with E-state index >= 15 is 0 Å². The lowest BCUT2D eigenvalue weighted by molar-refractivity contribution is 0.713. The summed E-state index contributed by atoms with van der Waals surface area (Å²) in [6.45, 7) is 0. The van der Waals surface area contributed by atoms with Crippen LogP contribution in [0.15, 0.2) is 52.1 Å². The predicted octanol–water partition coefficient (Wildman–Crippen LogP) is 3.16. The Morgan fingerprint density at radius 2 is 1.65 bits per heavy atom. The van der Waals surface area contributed by atoms with Gasteiger partial charge in [-0.15, -0.1) is 0 Å². The Bertz CT molecular complexity index is 997. The minimum Gasteiger partial charge on any atom is -0.252 e. The van der Waals surface area contributed by atoms with Crippen molar-refractivity contribution in [3.05, 3.63) is 68.8 Å². The molecule has 2 aliphatic heterocycles. The molecule has 0 aromatic heterocycles. The minimum atomic E-state index is 1.10. The molecular weight excluding hydrogens is 244 g/mol. The summed E-state index contributed by atoms with van der Waals surface area (Å²) in [5.74, 6) is 0. The molecule has 0 fully saturated rings. The van der Waals surface area contributed by atoms with Crippen LogP contribution < -0.4 is 10.7 Å². The SMILES string of the molecule is c1ccc2c(c1)=Nc1c3c(ccc1=2)=NC1=C3CCCC1. The maximum Gasteiger partial charge on any atom is 0.0813 e. The average Bonchev–Trinajstić information content (AvgIpc) is 3.04. The molecule has 0 bridgehead atoms. The topological polar surface area (TPSA) is 24.7 Å². The largest absolute Gasteiger partial charge is 0.252 e. The van der Waals surface area contributed by atoms with E-state index in [2.05, 4.69) is 36.4 Å². The number of nitrogens with zero attached hydrogens (tertiary/aromatic N) is 2. The third kappa shape index (κ3) is 1.24. The Kier molecular flexibility index (Phi) is 1.93. The lowest BCUT2D eigenvalue weighted by Crippen LogP contribution is -2.04. The molecule has 0 saturated heterocycles. The number of fused-ring (bicyclic) bond motifs is 5. The first kappa shape index (κ1) is 10.6. The highest BCUT2D eigenvalue weighted by Crippen LogP contribution is 2.39. The summed E-state index contributed by atoms with van der Waals surface area (Å²) in [5, 5.41) is 4.76. The first-order valence-corrected chi connectivity index (χ1v) is 7.34. The molecule has 0 atom stereocenters. The first-order valence-electron chi connectivity index (χ1n) is 7.34. The van der Waals surface area contributed by atoms with Gasteiger partial charge in [0.25, 0.3) is 0 Å². The quantitative estimate of drug-likeness (QED) is 0.592. The molecule has 5 rings (SSSR count). The Hall–Kier alpha value is -2.22. The zero-order valence-electron chi connectivity index (χ0n) is 11.2. The molecule has 0 unspecified atom stereocenters. The second-order valence-corrected chi connectivity index (χ2v) is 5.73. The van der Waals surface area contributed by atoms with Crippen molar-refractivity contribution in [1.29, 1.82) is 0 Å². The fourth-order valence-electron chi connectivity index (χ4n) is 3.65. The first-order chi connectivity index (χ1) is 9.92. The van der Waals surface area contributed by atoms with Gasteiger partial charge in [0.1, 0.15) is 0 Å². The van der Waals surface area contributed by atoms with Gasteiger partial charge in [-0.1, -0.05) is 18.2 Å². The molecule has 2 nitrogen and oxygen atoms in total. The summed E-state index contributed by atoms with van der Waals surface area (Å²) in [5.41, 5.74) is 5.23. The number of hydrogen-bond acceptors (Lipinski definition) is 2. The Morgan fingerprint density at radius 1 is 0.750 bits per heavy atom. The molecule has 0 amide bonds. The van der Waals surface area contributed by atoms with Gasteiger partial charge in [-0.3, -0.25) is 4.99 Å². The van der Waals surface area contributed by atoms with Crippen molar-refractivity contribution in [1.82, 2.24) is 0 Å². The third-order valence-electron chi connectivity index (χ3n) is 4.58. The molecule has 2 aromatic carbocycles. The summed E-state index contributed by atoms with van der Waals surface area (Å²) in [6, 6.07) is 12.8. The molecule has 0 spiro atoms. The smallest absolute Gasteiger partial charge is 0.0813 e. The van der Waals surface area contributed by atoms with E-state index in [1.54, 1.807) is 0 Å². The highest BCUT2D eigenvalue weighted by atomic mass is 14.8. The van der Waals surface area contributed by atoms with Crippen molar-refractivity contribution in [2.45, 2.75) is 25.7 Å². The summed E-state index contributed by atoms with van der Waals surface area (Å²) in [7, 11) is 0. The van der Waals surface area contributed by atoms with E-state index in [9.17, 15) is 0 Å². The van der Waals surface area contributed by atoms with E-state index in [1.807, 2.05) is 0 Å². The fraction of sp³-hybridized carbons (Fsp3) is 0.222. The average molecular weight is 258 g/mol. The number of benzene rings is 2. The maximum atomic E-state index is 4.88. The zero-order valence-corrected chi connectivity index (χ0v) is 11.2. The molecule has 96 valence electrons. The lowest BCUT2D eigenvalue weighted by Gasteiger charge is -2.13. The molecule has 2 aromatic rings. The van der Waals surface area contributed by atoms with Gasteiger partial charge in [0, 0.05) is 21.7 Å². The minimum absolute atomic E-state index is 1.10. The van der Waals surface area contributed by atoms with E-state index in [0.717, 1.165) is 29.2 Å². The van der Waals surface area contributed by atoms with Gasteiger partial charge in [0.15, 0.2) is 0 Å². The molecule has 2 heterocycles. The van der Waals surface area contributed by atoms with E-state index in [1.165, 1.54) is 40.1 Å². The van der Waals surface area contributed by atoms with Crippen LogP contribution in [0, 0.1) is 10.4 Å². The fourth-order valence-corrected chi connectivity index (χ4v) is 3.65. The Balaban J connectivity index is 1.95. The van der Waals surface area contributed by atoms with Crippen molar-refractivity contribution in [2.24, 2.45) is 9.98 Å². The Morgan fingerprint density at radius 3 is 2.65 bits per heavy atom. The van der Waals surface area contributed by atoms with Crippen LogP contribution >= 0.6 is 0 Å². The van der Waals surface area contributed by atoms with Gasteiger partial charge in [-0.05, 0) is 49.5 Å². The monoisotopic (exact) mass is 258 g/mol. The van der Waals surface area contributed by atoms with Crippen molar-refractivity contribution in [3.63, 3.8) is 0 Å². The molecule has 0 N–H and O–H groups in total. The van der Waals surface area contributed by atoms with Gasteiger partial charge in [-0.2, -0.15) is 0 Å². The summed E-state index contributed by atoms with van der Waals surface area (Å²) >= 11 is 0. The van der Waals surface area contributed by atoms with Gasteiger partial charge in [-0.25, -0.2) is 4.99 Å². The van der Waals surface area contributed by atoms with Crippen LogP contribution in [0.1, 0.15) is 31.2 Å². The van der Waals surface area contributed by atoms with Crippen molar-refractivity contribution >= 4 is 11.3 Å². The molecule has 0 saturated carbocycles. The van der Waals surface area contributed by atoms with Crippen LogP contribution in [0.2, 0.25) is 0 Å². The van der Waals surface area contributed by atoms with Gasteiger partial charge < -0.3 is 0 Å². The van der Waals surface area contributed by atoms with Crippen LogP contribution in [0.5, 0.6) is 0 Å². The van der Waals surface area contributed by atoms with Gasteiger partial charge >= 0.3 is 0 Å². The Labute approximate surface area is 116 Å². The highest BCUT2D eigenvalue weighted by molar-refractivity contribution is 5.80. The van der Waals surface area contributed by atoms with Crippen molar-refractivity contribution in [2.75, 3.05) is 0 Å². The van der Waals surface area contributed by atoms with Gasteiger partial charge in [0.05, 0.1) is 16.4 Å². The van der Waals surface area contributed by atoms with E-state index in [0.29, 0.717) is 0 Å². The second-order valence-electron chi connectivity index (χ2n) is 5.73. The molecule has 2 heteroatoms. The number of hydrogen-bond donors (Lipinski definition) is 0. The standard InChI is InChI=1S/C18H14N2/c1-3-7-14-11(5-1)12-9-10-16-17(18(12)20-14)13-6-2-4-8-15(13)19-16/h1,3,5,7,9-10H,2,4,6,8H2. The van der Waals surface area contributed by atoms with Crippen LogP contribution in [0.3, 0.4) is 0 Å². The van der Waals surface area contributed by atoms with E-state index in [4.69, 9.17) is 9.98 Å². The van der Waals surface area contributed by atoms with Crippen LogP contribution in [0.4, 0.5) is 5.69 Å². The molecule has 0 radical (unpaired) electrons. The van der Waals surface area contributed by atoms with Crippen LogP contribution in [0.25, 0.3) is 5.57 Å². The van der Waals surface area contributed by atoms with Crippen molar-refractivity contribution < 1.29 is 0 Å². The van der Waals surface area contributed by atoms with E-state index in [-0.39, 0.29) is 0 Å². The molecule has 3 aliphatic rings. The van der Waals surface area contributed by atoms with Crippen LogP contribution in [-0.4, -0.2) is 0 Å². The van der Waals surface area contributed by atoms with Crippen molar-refractivity contribution in [3.8, 4) is 0 Å².